The number of nitrogens with two attached hydrogens (primary N) is 4. The summed E-state index contributed by atoms with van der Waals surface area (Å²) in [6.07, 6.45) is -12.4. The van der Waals surface area contributed by atoms with Crippen molar-refractivity contribution in [2.24, 2.45) is 22.9 Å². The van der Waals surface area contributed by atoms with E-state index in [1.54, 1.807) is 0 Å². The second kappa shape index (κ2) is 16.9. The first-order valence-electron chi connectivity index (χ1n) is 14.6. The topological polar surface area (TPSA) is 324 Å². The Kier molecular flexibility index (Phi) is 14.3. The molecule has 2 saturated heterocycles. The van der Waals surface area contributed by atoms with Crippen LogP contribution in [0.1, 0.15) is 25.7 Å². The highest BCUT2D eigenvalue weighted by Gasteiger charge is 2.51. The summed E-state index contributed by atoms with van der Waals surface area (Å²) in [5.41, 5.74) is 24.0. The highest BCUT2D eigenvalue weighted by Crippen LogP contribution is 2.31. The third kappa shape index (κ3) is 9.42. The van der Waals surface area contributed by atoms with Gasteiger partial charge in [-0.25, -0.2) is 0 Å². The lowest BCUT2D eigenvalue weighted by Gasteiger charge is -2.48. The summed E-state index contributed by atoms with van der Waals surface area (Å²) in [5, 5.41) is 76.3. The average molecular weight is 627 g/mol. The van der Waals surface area contributed by atoms with E-state index in [-0.39, 0.29) is 38.6 Å². The maximum absolute atomic E-state index is 12.7. The van der Waals surface area contributed by atoms with Crippen LogP contribution in [0.15, 0.2) is 0 Å². The summed E-state index contributed by atoms with van der Waals surface area (Å²) in [7, 11) is 0. The van der Waals surface area contributed by atoms with Crippen LogP contribution in [0.4, 0.5) is 0 Å². The van der Waals surface area contributed by atoms with Gasteiger partial charge in [0.1, 0.15) is 42.7 Å². The van der Waals surface area contributed by atoms with Crippen LogP contribution in [0.25, 0.3) is 0 Å². The molecule has 1 saturated carbocycles. The molecule has 1 amide bonds. The van der Waals surface area contributed by atoms with Crippen molar-refractivity contribution in [3.63, 3.8) is 0 Å². The number of carbonyl (C=O) groups excluding carboxylic acids is 1. The van der Waals surface area contributed by atoms with Gasteiger partial charge in [-0.3, -0.25) is 4.79 Å². The van der Waals surface area contributed by atoms with Gasteiger partial charge in [-0.05, 0) is 32.2 Å². The lowest BCUT2D eigenvalue weighted by Crippen LogP contribution is -2.69. The third-order valence-electron chi connectivity index (χ3n) is 8.07. The standard InChI is InChI=1S/C25H50N6O12/c26-4-3-15(35)23(39)31-14-5-13(28)21(42-24-12(27)2-1-11(40-24)7-30-6-10(34)8-32)20(38)22(14)43-25-19(37)17(29)18(36)16(9-33)41-25/h10-22,24-25,30,32-38H,1-9,26-29H2,(H,31,39)/t10?,11-,12+,13-,14+,15-,16+,17-,18+,19+,20-,21+,22-,24+,25+/m0/s1. The first kappa shape index (κ1) is 36.3. The summed E-state index contributed by atoms with van der Waals surface area (Å²) >= 11 is 0. The molecule has 1 unspecified atom stereocenters. The molecule has 3 fully saturated rings. The van der Waals surface area contributed by atoms with Gasteiger partial charge in [0.15, 0.2) is 12.6 Å². The zero-order valence-electron chi connectivity index (χ0n) is 24.0. The molecule has 0 spiro atoms. The molecule has 43 heavy (non-hydrogen) atoms. The van der Waals surface area contributed by atoms with Crippen molar-refractivity contribution in [3.8, 4) is 0 Å². The lowest BCUT2D eigenvalue weighted by molar-refractivity contribution is -0.314. The predicted octanol–water partition coefficient (Wildman–Crippen LogP) is -7.42. The van der Waals surface area contributed by atoms with Crippen molar-refractivity contribution in [1.82, 2.24) is 10.6 Å². The van der Waals surface area contributed by atoms with E-state index in [4.69, 9.17) is 47.0 Å². The van der Waals surface area contributed by atoms with Gasteiger partial charge in [-0.2, -0.15) is 0 Å². The van der Waals surface area contributed by atoms with Gasteiger partial charge in [0.2, 0.25) is 5.91 Å². The van der Waals surface area contributed by atoms with Crippen LogP contribution < -0.4 is 33.6 Å². The van der Waals surface area contributed by atoms with Crippen molar-refractivity contribution in [2.45, 2.75) is 117 Å². The summed E-state index contributed by atoms with van der Waals surface area (Å²) < 4.78 is 23.6. The fourth-order valence-electron chi connectivity index (χ4n) is 5.48. The van der Waals surface area contributed by atoms with Crippen LogP contribution in [0.5, 0.6) is 0 Å². The number of aliphatic hydroxyl groups excluding tert-OH is 7. The molecule has 252 valence electrons. The Labute approximate surface area is 249 Å². The largest absolute Gasteiger partial charge is 0.394 e. The van der Waals surface area contributed by atoms with Crippen LogP contribution >= 0.6 is 0 Å². The summed E-state index contributed by atoms with van der Waals surface area (Å²) in [6.45, 7) is -0.494. The van der Waals surface area contributed by atoms with E-state index in [9.17, 15) is 35.4 Å². The predicted molar refractivity (Wildman–Crippen MR) is 148 cm³/mol. The Morgan fingerprint density at radius 1 is 0.930 bits per heavy atom. The Morgan fingerprint density at radius 2 is 1.63 bits per heavy atom. The molecule has 18 nitrogen and oxygen atoms in total. The molecule has 0 bridgehead atoms. The first-order chi connectivity index (χ1) is 20.4. The van der Waals surface area contributed by atoms with Gasteiger partial charge in [0.25, 0.3) is 0 Å². The molecule has 0 aromatic heterocycles. The van der Waals surface area contributed by atoms with E-state index in [1.165, 1.54) is 0 Å². The zero-order valence-corrected chi connectivity index (χ0v) is 24.0. The number of amides is 1. The molecule has 1 aliphatic carbocycles. The zero-order chi connectivity index (χ0) is 31.8. The van der Waals surface area contributed by atoms with E-state index < -0.39 is 98.1 Å². The fourth-order valence-corrected chi connectivity index (χ4v) is 5.48. The third-order valence-corrected chi connectivity index (χ3v) is 8.07. The van der Waals surface area contributed by atoms with Gasteiger partial charge in [0, 0.05) is 19.1 Å². The maximum atomic E-state index is 12.7. The van der Waals surface area contributed by atoms with E-state index in [0.29, 0.717) is 19.4 Å². The van der Waals surface area contributed by atoms with E-state index in [1.807, 2.05) is 0 Å². The molecule has 0 aromatic carbocycles. The molecule has 18 heteroatoms. The minimum Gasteiger partial charge on any atom is -0.394 e. The molecule has 2 heterocycles. The molecular formula is C25H50N6O12. The Morgan fingerprint density at radius 3 is 2.28 bits per heavy atom. The van der Waals surface area contributed by atoms with Crippen molar-refractivity contribution in [1.29, 1.82) is 0 Å². The average Bonchev–Trinajstić information content (AvgIpc) is 2.98. The molecule has 17 N–H and O–H groups in total. The normalized spacial score (nSPS) is 41.9. The summed E-state index contributed by atoms with van der Waals surface area (Å²) in [5.74, 6) is -0.785. The molecule has 15 atom stereocenters. The number of ether oxygens (including phenoxy) is 4. The van der Waals surface area contributed by atoms with E-state index in [0.717, 1.165) is 0 Å². The van der Waals surface area contributed by atoms with Gasteiger partial charge in [0.05, 0.1) is 43.5 Å². The van der Waals surface area contributed by atoms with Crippen LogP contribution in [-0.2, 0) is 23.7 Å². The van der Waals surface area contributed by atoms with Gasteiger partial charge in [-0.15, -0.1) is 0 Å². The number of aliphatic hydroxyl groups is 7. The second-order valence-corrected chi connectivity index (χ2v) is 11.4. The fraction of sp³-hybridized carbons (Fsp3) is 0.960. The van der Waals surface area contributed by atoms with Crippen molar-refractivity contribution in [2.75, 3.05) is 32.8 Å². The second-order valence-electron chi connectivity index (χ2n) is 11.4. The van der Waals surface area contributed by atoms with Crippen molar-refractivity contribution in [3.05, 3.63) is 0 Å². The molecule has 0 radical (unpaired) electrons. The Balaban J connectivity index is 1.76. The van der Waals surface area contributed by atoms with Gasteiger partial charge in [-0.1, -0.05) is 0 Å². The smallest absolute Gasteiger partial charge is 0.249 e. The van der Waals surface area contributed by atoms with Crippen LogP contribution in [0.2, 0.25) is 0 Å². The summed E-state index contributed by atoms with van der Waals surface area (Å²) in [6, 6.07) is -3.72. The first-order valence-corrected chi connectivity index (χ1v) is 14.6. The lowest BCUT2D eigenvalue weighted by atomic mass is 9.83. The summed E-state index contributed by atoms with van der Waals surface area (Å²) in [4.78, 5) is 12.7. The highest BCUT2D eigenvalue weighted by atomic mass is 16.7. The van der Waals surface area contributed by atoms with Crippen LogP contribution in [0, 0.1) is 0 Å². The number of hydrogen-bond donors (Lipinski definition) is 13. The van der Waals surface area contributed by atoms with Gasteiger partial charge < -0.3 is 88.3 Å². The van der Waals surface area contributed by atoms with Crippen molar-refractivity contribution >= 4 is 5.91 Å². The monoisotopic (exact) mass is 626 g/mol. The molecule has 0 aromatic rings. The molecule has 2 aliphatic heterocycles. The Hall–Kier alpha value is -1.17. The number of rotatable bonds is 14. The molecule has 3 aliphatic rings. The maximum Gasteiger partial charge on any atom is 0.249 e. The molecular weight excluding hydrogens is 576 g/mol. The molecule has 3 rings (SSSR count). The quantitative estimate of drug-likeness (QED) is 0.0851. The highest BCUT2D eigenvalue weighted by molar-refractivity contribution is 5.80. The van der Waals surface area contributed by atoms with Crippen LogP contribution in [-0.4, -0.2) is 166 Å². The van der Waals surface area contributed by atoms with Crippen molar-refractivity contribution < 1.29 is 59.5 Å². The minimum atomic E-state index is -1.58. The van der Waals surface area contributed by atoms with E-state index >= 15 is 0 Å². The number of hydrogen-bond acceptors (Lipinski definition) is 17. The minimum absolute atomic E-state index is 0.0135. The Bertz CT molecular complexity index is 851. The van der Waals surface area contributed by atoms with Gasteiger partial charge >= 0.3 is 0 Å². The number of carbonyl (C=O) groups is 1. The SMILES string of the molecule is NCC[C@H](O)C(=O)N[C@@H]1C[C@H](N)[C@@H](O[C@H]2O[C@H](CNCC(O)CO)CC[C@H]2N)[C@H](O)[C@H]1O[C@H]1O[C@H](CO)[C@@H](O)[C@H](N)[C@H]1O. The van der Waals surface area contributed by atoms with Crippen LogP contribution in [0.3, 0.4) is 0 Å². The van der Waals surface area contributed by atoms with E-state index in [2.05, 4.69) is 10.6 Å². The number of nitrogens with one attached hydrogen (secondary N) is 2.